The van der Waals surface area contributed by atoms with Crippen molar-refractivity contribution in [3.8, 4) is 0 Å². The van der Waals surface area contributed by atoms with Crippen molar-refractivity contribution >= 4 is 15.9 Å². The van der Waals surface area contributed by atoms with Gasteiger partial charge in [-0.1, -0.05) is 0 Å². The number of piperazine rings is 1. The number of carbonyl (C=O) groups excluding carboxylic acids is 1. The first-order valence-electron chi connectivity index (χ1n) is 3.15. The summed E-state index contributed by atoms with van der Waals surface area (Å²) in [5.41, 5.74) is 0. The smallest absolute Gasteiger partial charge is 0.651 e. The van der Waals surface area contributed by atoms with Gasteiger partial charge in [0.05, 0.1) is 18.7 Å². The molecule has 0 aromatic heterocycles. The zero-order valence-electron chi connectivity index (χ0n) is 7.15. The van der Waals surface area contributed by atoms with Gasteiger partial charge in [0, 0.05) is 0 Å². The minimum Gasteiger partial charge on any atom is -0.651 e. The molecule has 1 amide bonds. The Morgan fingerprint density at radius 1 is 1.50 bits per heavy atom. The summed E-state index contributed by atoms with van der Waals surface area (Å²) in [6.07, 6.45) is 1.09. The van der Waals surface area contributed by atoms with Crippen molar-refractivity contribution in [2.45, 2.75) is 0 Å². The number of nitrogens with zero attached hydrogens (tertiary/aromatic N) is 2. The number of sulfonamides is 1. The number of hydrogen-bond acceptors (Lipinski definition) is 3. The zero-order chi connectivity index (χ0) is 8.48. The van der Waals surface area contributed by atoms with Gasteiger partial charge in [0.2, 0.25) is 10.0 Å². The van der Waals surface area contributed by atoms with Crippen LogP contribution in [0.4, 0.5) is 0 Å². The van der Waals surface area contributed by atoms with Crippen molar-refractivity contribution in [1.82, 2.24) is 4.31 Å². The van der Waals surface area contributed by atoms with Crippen molar-refractivity contribution in [1.29, 1.82) is 0 Å². The average molecular weight is 263 g/mol. The molecule has 64 valence electrons. The van der Waals surface area contributed by atoms with Gasteiger partial charge in [-0.2, -0.15) is 4.31 Å². The van der Waals surface area contributed by atoms with Gasteiger partial charge in [0.1, 0.15) is 0 Å². The molecule has 0 aliphatic carbocycles. The molecule has 0 spiro atoms. The van der Waals surface area contributed by atoms with E-state index in [0.29, 0.717) is 6.54 Å². The van der Waals surface area contributed by atoms with Gasteiger partial charge in [-0.15, -0.1) is 6.54 Å². The summed E-state index contributed by atoms with van der Waals surface area (Å²) < 4.78 is 22.9. The molecule has 0 saturated carbocycles. The molecule has 0 aromatic rings. The normalized spacial score (nSPS) is 19.6. The van der Waals surface area contributed by atoms with Crippen LogP contribution in [0.3, 0.4) is 0 Å². The van der Waals surface area contributed by atoms with Crippen LogP contribution in [-0.4, -0.2) is 44.5 Å². The van der Waals surface area contributed by atoms with E-state index < -0.39 is 10.0 Å². The van der Waals surface area contributed by atoms with E-state index in [4.69, 9.17) is 0 Å². The van der Waals surface area contributed by atoms with Gasteiger partial charge in [-0.25, -0.2) is 8.42 Å². The predicted molar refractivity (Wildman–Crippen MR) is 39.6 cm³/mol. The van der Waals surface area contributed by atoms with Crippen LogP contribution in [0.2, 0.25) is 0 Å². The third-order valence-electron chi connectivity index (χ3n) is 1.42. The Bertz CT molecular complexity index is 264. The van der Waals surface area contributed by atoms with E-state index in [1.54, 1.807) is 0 Å². The largest absolute Gasteiger partial charge is 1.00 e. The van der Waals surface area contributed by atoms with E-state index in [9.17, 15) is 13.2 Å². The minimum absolute atomic E-state index is 0. The van der Waals surface area contributed by atoms with Crippen LogP contribution in [-0.2, 0) is 14.8 Å². The monoisotopic (exact) mass is 262 g/mol. The van der Waals surface area contributed by atoms with Gasteiger partial charge in [0.25, 0.3) is 0 Å². The van der Waals surface area contributed by atoms with E-state index in [1.165, 1.54) is 0 Å². The SMILES string of the molecule is CS(=O)(=O)N1CC[N-]C(=O)C1.[Rb+]. The fourth-order valence-electron chi connectivity index (χ4n) is 0.849. The Balaban J connectivity index is 0.00000121. The molecule has 1 aliphatic heterocycles. The molecule has 0 bridgehead atoms. The number of rotatable bonds is 1. The second-order valence-electron chi connectivity index (χ2n) is 2.37. The quantitative estimate of drug-likeness (QED) is 0.486. The first kappa shape index (κ1) is 13.2. The van der Waals surface area contributed by atoms with Gasteiger partial charge < -0.3 is 10.1 Å². The number of carbonyl (C=O) groups is 1. The van der Waals surface area contributed by atoms with Crippen LogP contribution < -0.4 is 58.2 Å². The van der Waals surface area contributed by atoms with E-state index in [1.807, 2.05) is 0 Å². The number of hydrogen-bond donors (Lipinski definition) is 0. The maximum absolute atomic E-state index is 10.9. The Morgan fingerprint density at radius 2 is 2.08 bits per heavy atom. The molecule has 0 unspecified atom stereocenters. The molecule has 0 N–H and O–H groups in total. The molecular weight excluding hydrogens is 254 g/mol. The van der Waals surface area contributed by atoms with Crippen LogP contribution in [0.5, 0.6) is 0 Å². The first-order valence-corrected chi connectivity index (χ1v) is 5.00. The first-order chi connectivity index (χ1) is 5.00. The Morgan fingerprint density at radius 3 is 2.42 bits per heavy atom. The second kappa shape index (κ2) is 5.16. The minimum atomic E-state index is -3.21. The molecule has 0 radical (unpaired) electrons. The van der Waals surface area contributed by atoms with Crippen molar-refractivity contribution in [3.63, 3.8) is 0 Å². The van der Waals surface area contributed by atoms with Crippen LogP contribution >= 0.6 is 0 Å². The molecule has 12 heavy (non-hydrogen) atoms. The molecule has 5 nitrogen and oxygen atoms in total. The number of amides is 1. The molecule has 1 rings (SSSR count). The Hall–Kier alpha value is 1.19. The Kier molecular flexibility index (Phi) is 5.67. The van der Waals surface area contributed by atoms with Gasteiger partial charge in [0.15, 0.2) is 0 Å². The van der Waals surface area contributed by atoms with Gasteiger partial charge >= 0.3 is 58.2 Å². The maximum atomic E-state index is 10.9. The van der Waals surface area contributed by atoms with Crippen molar-refractivity contribution in [2.24, 2.45) is 0 Å². The van der Waals surface area contributed by atoms with Gasteiger partial charge in [-0.3, -0.25) is 0 Å². The molecular formula is C5H9N2O3RbS. The van der Waals surface area contributed by atoms with Crippen molar-refractivity contribution in [3.05, 3.63) is 5.32 Å². The van der Waals surface area contributed by atoms with Gasteiger partial charge in [-0.05, 0) is 6.54 Å². The topological polar surface area (TPSA) is 68.6 Å². The maximum Gasteiger partial charge on any atom is 1.00 e. The molecule has 1 heterocycles. The van der Waals surface area contributed by atoms with Crippen LogP contribution in [0.25, 0.3) is 5.32 Å². The third-order valence-corrected chi connectivity index (χ3v) is 2.67. The summed E-state index contributed by atoms with van der Waals surface area (Å²) in [5, 5.41) is 3.55. The van der Waals surface area contributed by atoms with E-state index in [0.717, 1.165) is 10.6 Å². The summed E-state index contributed by atoms with van der Waals surface area (Å²) >= 11 is 0. The molecule has 0 atom stereocenters. The zero-order valence-corrected chi connectivity index (χ0v) is 12.9. The van der Waals surface area contributed by atoms with Crippen molar-refractivity contribution in [2.75, 3.05) is 25.9 Å². The fourth-order valence-corrected chi connectivity index (χ4v) is 1.61. The van der Waals surface area contributed by atoms with Crippen LogP contribution in [0, 0.1) is 0 Å². The summed E-state index contributed by atoms with van der Waals surface area (Å²) in [6, 6.07) is 0. The summed E-state index contributed by atoms with van der Waals surface area (Å²) in [7, 11) is -3.21. The molecule has 0 aromatic carbocycles. The van der Waals surface area contributed by atoms with E-state index in [2.05, 4.69) is 5.32 Å². The van der Waals surface area contributed by atoms with E-state index in [-0.39, 0.29) is 77.2 Å². The molecule has 1 fully saturated rings. The van der Waals surface area contributed by atoms with E-state index >= 15 is 0 Å². The summed E-state index contributed by atoms with van der Waals surface area (Å²) in [6.45, 7) is 0.509. The average Bonchev–Trinajstić information content (AvgIpc) is 1.86. The summed E-state index contributed by atoms with van der Waals surface area (Å²) in [4.78, 5) is 10.6. The summed E-state index contributed by atoms with van der Waals surface area (Å²) in [5.74, 6) is -0.360. The van der Waals surface area contributed by atoms with Crippen LogP contribution in [0.1, 0.15) is 0 Å². The third kappa shape index (κ3) is 3.93. The second-order valence-corrected chi connectivity index (χ2v) is 4.35. The Labute approximate surface area is 121 Å². The molecule has 1 aliphatic rings. The van der Waals surface area contributed by atoms with Crippen LogP contribution in [0.15, 0.2) is 0 Å². The van der Waals surface area contributed by atoms with Crippen molar-refractivity contribution < 1.29 is 71.4 Å². The predicted octanol–water partition coefficient (Wildman–Crippen LogP) is -3.83. The molecule has 1 saturated heterocycles. The molecule has 7 heteroatoms. The standard InChI is InChI=1S/C5H10N2O3S.Rb/c1-11(9,10)7-3-2-6-5(8)4-7;/h2-4H2,1H3,(H,6,8);/q;+1/p-1. The fraction of sp³-hybridized carbons (Fsp3) is 0.800.